The van der Waals surface area contributed by atoms with Crippen molar-refractivity contribution in [2.75, 3.05) is 17.6 Å². The molecule has 2 heterocycles. The molecule has 1 fully saturated rings. The summed E-state index contributed by atoms with van der Waals surface area (Å²) in [6.45, 7) is 0.792. The number of benzene rings is 1. The van der Waals surface area contributed by atoms with E-state index in [2.05, 4.69) is 10.7 Å². The molecule has 92 valence electrons. The number of hydrazine groups is 1. The molecular formula is C13H13N3OS. The Morgan fingerprint density at radius 1 is 1.28 bits per heavy atom. The molecule has 2 N–H and O–H groups in total. The number of hydrogen-bond donors (Lipinski definition) is 2. The minimum Gasteiger partial charge on any atom is -0.340 e. The lowest BCUT2D eigenvalue weighted by molar-refractivity contribution is 0.216. The van der Waals surface area contributed by atoms with Crippen LogP contribution >= 0.6 is 11.8 Å². The second-order valence-corrected chi connectivity index (χ2v) is 5.03. The van der Waals surface area contributed by atoms with Gasteiger partial charge in [0.15, 0.2) is 0 Å². The lowest BCUT2D eigenvalue weighted by Gasteiger charge is -2.29. The van der Waals surface area contributed by atoms with E-state index in [0.717, 1.165) is 29.4 Å². The van der Waals surface area contributed by atoms with Crippen molar-refractivity contribution in [1.82, 2.24) is 10.4 Å². The van der Waals surface area contributed by atoms with Gasteiger partial charge in [-0.25, -0.2) is 10.4 Å². The Morgan fingerprint density at radius 3 is 3.06 bits per heavy atom. The summed E-state index contributed by atoms with van der Waals surface area (Å²) in [5.74, 6) is 1.57. The van der Waals surface area contributed by atoms with Crippen LogP contribution in [0.25, 0.3) is 6.08 Å². The third-order valence-electron chi connectivity index (χ3n) is 2.77. The van der Waals surface area contributed by atoms with Crippen LogP contribution in [0.5, 0.6) is 0 Å². The van der Waals surface area contributed by atoms with E-state index in [1.165, 1.54) is 11.8 Å². The highest BCUT2D eigenvalue weighted by molar-refractivity contribution is 8.13. The second kappa shape index (κ2) is 4.88. The van der Waals surface area contributed by atoms with E-state index in [4.69, 9.17) is 0 Å². The molecule has 1 saturated heterocycles. The van der Waals surface area contributed by atoms with Crippen LogP contribution in [0.1, 0.15) is 5.56 Å². The molecule has 1 amide bonds. The number of amides is 1. The second-order valence-electron chi connectivity index (χ2n) is 3.98. The molecule has 0 radical (unpaired) electrons. The maximum absolute atomic E-state index is 11.8. The fraction of sp³-hybridized carbons (Fsp3) is 0.154. The van der Waals surface area contributed by atoms with Gasteiger partial charge in [0.25, 0.3) is 0 Å². The Kier molecular flexibility index (Phi) is 3.08. The minimum absolute atomic E-state index is 0.0211. The molecule has 2 aliphatic heterocycles. The molecule has 0 aromatic heterocycles. The summed E-state index contributed by atoms with van der Waals surface area (Å²) in [5, 5.41) is 4.88. The number of fused-ring (bicyclic) bond motifs is 1. The van der Waals surface area contributed by atoms with Crippen LogP contribution < -0.4 is 10.7 Å². The smallest absolute Gasteiger partial charge is 0.301 e. The van der Waals surface area contributed by atoms with Crippen molar-refractivity contribution in [2.24, 2.45) is 0 Å². The number of thioether (sulfide) groups is 1. The van der Waals surface area contributed by atoms with E-state index in [1.54, 1.807) is 5.01 Å². The maximum atomic E-state index is 11.8. The highest BCUT2D eigenvalue weighted by atomic mass is 32.2. The molecule has 2 aliphatic rings. The Labute approximate surface area is 110 Å². The third-order valence-corrected chi connectivity index (χ3v) is 3.61. The quantitative estimate of drug-likeness (QED) is 0.814. The van der Waals surface area contributed by atoms with E-state index < -0.39 is 0 Å². The fourth-order valence-electron chi connectivity index (χ4n) is 1.92. The molecule has 0 atom stereocenters. The summed E-state index contributed by atoms with van der Waals surface area (Å²) in [7, 11) is 0. The number of carbonyl (C=O) groups excluding carboxylic acids is 1. The molecule has 0 aliphatic carbocycles. The number of para-hydroxylation sites is 1. The average Bonchev–Trinajstić information content (AvgIpc) is 2.61. The van der Waals surface area contributed by atoms with Gasteiger partial charge in [0.05, 0.1) is 0 Å². The summed E-state index contributed by atoms with van der Waals surface area (Å²) in [6.07, 6.45) is 5.87. The van der Waals surface area contributed by atoms with Crippen molar-refractivity contribution in [3.05, 3.63) is 47.8 Å². The van der Waals surface area contributed by atoms with Crippen LogP contribution in [0.15, 0.2) is 42.2 Å². The molecular weight excluding hydrogens is 246 g/mol. The summed E-state index contributed by atoms with van der Waals surface area (Å²) in [5.41, 5.74) is 5.21. The summed E-state index contributed by atoms with van der Waals surface area (Å²) < 4.78 is 0. The predicted octanol–water partition coefficient (Wildman–Crippen LogP) is 2.64. The molecule has 3 rings (SSSR count). The first-order valence-electron chi connectivity index (χ1n) is 5.79. The Morgan fingerprint density at radius 2 is 2.17 bits per heavy atom. The van der Waals surface area contributed by atoms with Gasteiger partial charge in [0, 0.05) is 18.0 Å². The molecule has 4 nitrogen and oxygen atoms in total. The Bertz CT molecular complexity index is 539. The third kappa shape index (κ3) is 2.14. The van der Waals surface area contributed by atoms with E-state index >= 15 is 0 Å². The van der Waals surface area contributed by atoms with Gasteiger partial charge in [0.1, 0.15) is 5.82 Å². The standard InChI is InChI=1S/C13H13N3OS/c17-13-16(14-8-9-18-13)12-7-3-5-10-4-1-2-6-11(10)15-12/h1-7,14-15H,8-9H2. The maximum Gasteiger partial charge on any atom is 0.301 e. The number of hydrogen-bond acceptors (Lipinski definition) is 4. The van der Waals surface area contributed by atoms with Gasteiger partial charge in [-0.05, 0) is 17.7 Å². The van der Waals surface area contributed by atoms with Gasteiger partial charge in [-0.3, -0.25) is 4.79 Å². The number of anilines is 1. The fourth-order valence-corrected chi connectivity index (χ4v) is 2.58. The monoisotopic (exact) mass is 259 g/mol. The molecule has 0 spiro atoms. The number of allylic oxidation sites excluding steroid dienone is 2. The Balaban J connectivity index is 1.89. The molecule has 0 unspecified atom stereocenters. The topological polar surface area (TPSA) is 44.4 Å². The molecule has 0 saturated carbocycles. The van der Waals surface area contributed by atoms with Crippen LogP contribution in [0.2, 0.25) is 0 Å². The van der Waals surface area contributed by atoms with Crippen molar-refractivity contribution in [3.8, 4) is 0 Å². The van der Waals surface area contributed by atoms with Crippen molar-refractivity contribution in [3.63, 3.8) is 0 Å². The Hall–Kier alpha value is -1.72. The van der Waals surface area contributed by atoms with Crippen molar-refractivity contribution < 1.29 is 4.79 Å². The zero-order valence-corrected chi connectivity index (χ0v) is 10.5. The van der Waals surface area contributed by atoms with E-state index in [-0.39, 0.29) is 5.24 Å². The van der Waals surface area contributed by atoms with Crippen LogP contribution in [-0.4, -0.2) is 22.5 Å². The first-order valence-corrected chi connectivity index (χ1v) is 6.78. The highest BCUT2D eigenvalue weighted by Crippen LogP contribution is 2.24. The number of carbonyl (C=O) groups is 1. The van der Waals surface area contributed by atoms with Gasteiger partial charge < -0.3 is 5.32 Å². The lowest BCUT2D eigenvalue weighted by Crippen LogP contribution is -2.46. The first-order chi connectivity index (χ1) is 8.84. The summed E-state index contributed by atoms with van der Waals surface area (Å²) >= 11 is 1.33. The van der Waals surface area contributed by atoms with Crippen LogP contribution in [0.4, 0.5) is 10.5 Å². The van der Waals surface area contributed by atoms with Crippen molar-refractivity contribution in [1.29, 1.82) is 0 Å². The highest BCUT2D eigenvalue weighted by Gasteiger charge is 2.22. The molecule has 1 aromatic rings. The lowest BCUT2D eigenvalue weighted by atomic mass is 10.2. The van der Waals surface area contributed by atoms with E-state index in [0.29, 0.717) is 0 Å². The number of rotatable bonds is 1. The number of nitrogens with one attached hydrogen (secondary N) is 2. The van der Waals surface area contributed by atoms with Crippen LogP contribution in [0.3, 0.4) is 0 Å². The molecule has 0 bridgehead atoms. The van der Waals surface area contributed by atoms with Crippen molar-refractivity contribution in [2.45, 2.75) is 0 Å². The first kappa shape index (κ1) is 11.4. The summed E-state index contributed by atoms with van der Waals surface area (Å²) in [6, 6.07) is 8.01. The van der Waals surface area contributed by atoms with Gasteiger partial charge in [-0.15, -0.1) is 0 Å². The molecule has 5 heteroatoms. The zero-order valence-electron chi connectivity index (χ0n) is 9.72. The minimum atomic E-state index is 0.0211. The SMILES string of the molecule is O=C1SCCNN1C1=CC=Cc2ccccc2N1. The average molecular weight is 259 g/mol. The van der Waals surface area contributed by atoms with E-state index in [1.807, 2.05) is 42.5 Å². The molecule has 1 aromatic carbocycles. The predicted molar refractivity (Wildman–Crippen MR) is 74.9 cm³/mol. The van der Waals surface area contributed by atoms with E-state index in [9.17, 15) is 4.79 Å². The summed E-state index contributed by atoms with van der Waals surface area (Å²) in [4.78, 5) is 11.8. The number of nitrogens with zero attached hydrogens (tertiary/aromatic N) is 1. The van der Waals surface area contributed by atoms with Crippen LogP contribution in [0, 0.1) is 0 Å². The van der Waals surface area contributed by atoms with Gasteiger partial charge in [-0.2, -0.15) is 0 Å². The van der Waals surface area contributed by atoms with Crippen LogP contribution in [-0.2, 0) is 0 Å². The van der Waals surface area contributed by atoms with Crippen molar-refractivity contribution >= 4 is 28.8 Å². The molecule has 18 heavy (non-hydrogen) atoms. The van der Waals surface area contributed by atoms with Gasteiger partial charge in [0.2, 0.25) is 0 Å². The largest absolute Gasteiger partial charge is 0.340 e. The van der Waals surface area contributed by atoms with Gasteiger partial charge in [-0.1, -0.05) is 42.1 Å². The van der Waals surface area contributed by atoms with Gasteiger partial charge >= 0.3 is 5.24 Å². The normalized spacial score (nSPS) is 18.8. The zero-order chi connectivity index (χ0) is 12.4.